The molecule has 0 aliphatic heterocycles. The maximum atomic E-state index is 12.7. The van der Waals surface area contributed by atoms with Gasteiger partial charge in [-0.3, -0.25) is 9.59 Å². The van der Waals surface area contributed by atoms with Crippen LogP contribution in [-0.2, 0) is 23.0 Å². The molecule has 2 aromatic carbocycles. The molecular weight excluding hydrogens is 434 g/mol. The smallest absolute Gasteiger partial charge is 0.319 e. The quantitative estimate of drug-likeness (QED) is 0.440. The van der Waals surface area contributed by atoms with E-state index >= 15 is 0 Å². The van der Waals surface area contributed by atoms with Crippen LogP contribution >= 0.6 is 0 Å². The Balaban J connectivity index is 1.76. The van der Waals surface area contributed by atoms with Crippen molar-refractivity contribution in [2.45, 2.75) is 32.7 Å². The molecule has 1 heterocycles. The first-order chi connectivity index (χ1) is 16.3. The number of esters is 1. The molecule has 0 saturated carbocycles. The molecule has 0 aliphatic rings. The first kappa shape index (κ1) is 24.6. The lowest BCUT2D eigenvalue weighted by atomic mass is 9.99. The van der Waals surface area contributed by atoms with Crippen LogP contribution in [0.4, 0.5) is 10.5 Å². The predicted molar refractivity (Wildman–Crippen MR) is 130 cm³/mol. The molecule has 2 amide bonds. The van der Waals surface area contributed by atoms with Crippen LogP contribution in [0.1, 0.15) is 41.6 Å². The number of nitrogens with zero attached hydrogens (tertiary/aromatic N) is 1. The van der Waals surface area contributed by atoms with E-state index in [4.69, 9.17) is 4.74 Å². The van der Waals surface area contributed by atoms with Crippen molar-refractivity contribution in [1.82, 2.24) is 9.88 Å². The summed E-state index contributed by atoms with van der Waals surface area (Å²) < 4.78 is 6.29. The molecule has 3 aromatic rings. The lowest BCUT2D eigenvalue weighted by molar-refractivity contribution is -0.143. The van der Waals surface area contributed by atoms with Crippen LogP contribution in [0.5, 0.6) is 5.75 Å². The molecule has 0 spiro atoms. The monoisotopic (exact) mass is 463 g/mol. The Kier molecular flexibility index (Phi) is 8.08. The second kappa shape index (κ2) is 11.2. The molecule has 8 nitrogen and oxygen atoms in total. The second-order valence-electron chi connectivity index (χ2n) is 8.06. The van der Waals surface area contributed by atoms with Crippen LogP contribution in [0.15, 0.2) is 65.6 Å². The Hall–Kier alpha value is -4.07. The first-order valence-electron chi connectivity index (χ1n) is 11.0. The van der Waals surface area contributed by atoms with E-state index in [-0.39, 0.29) is 24.5 Å². The number of nitrogens with one attached hydrogen (secondary N) is 2. The van der Waals surface area contributed by atoms with Crippen molar-refractivity contribution >= 4 is 17.7 Å². The maximum Gasteiger partial charge on any atom is 0.319 e. The Bertz CT molecular complexity index is 1200. The predicted octanol–water partition coefficient (Wildman–Crippen LogP) is 3.81. The Morgan fingerprint density at radius 1 is 1.03 bits per heavy atom. The van der Waals surface area contributed by atoms with Crippen molar-refractivity contribution in [1.29, 1.82) is 0 Å². The van der Waals surface area contributed by atoms with E-state index < -0.39 is 23.6 Å². The van der Waals surface area contributed by atoms with Gasteiger partial charge in [0.15, 0.2) is 5.69 Å². The summed E-state index contributed by atoms with van der Waals surface area (Å²) in [4.78, 5) is 37.1. The van der Waals surface area contributed by atoms with E-state index in [2.05, 4.69) is 34.9 Å². The highest BCUT2D eigenvalue weighted by atomic mass is 16.5. The number of amides is 2. The first-order valence-corrected chi connectivity index (χ1v) is 11.0. The number of hydrogen-bond acceptors (Lipinski definition) is 5. The van der Waals surface area contributed by atoms with Crippen molar-refractivity contribution in [3.05, 3.63) is 93.4 Å². The zero-order valence-corrected chi connectivity index (χ0v) is 19.5. The van der Waals surface area contributed by atoms with Crippen molar-refractivity contribution in [3.63, 3.8) is 0 Å². The molecule has 0 aliphatic carbocycles. The Morgan fingerprint density at radius 3 is 2.26 bits per heavy atom. The number of rotatable bonds is 8. The average molecular weight is 464 g/mol. The molecule has 3 N–H and O–H groups in total. The number of ether oxygens (including phenoxy) is 1. The van der Waals surface area contributed by atoms with Crippen molar-refractivity contribution in [2.24, 2.45) is 7.05 Å². The van der Waals surface area contributed by atoms with Crippen LogP contribution in [0.2, 0.25) is 0 Å². The van der Waals surface area contributed by atoms with Gasteiger partial charge in [0, 0.05) is 13.2 Å². The summed E-state index contributed by atoms with van der Waals surface area (Å²) in [6, 6.07) is 15.8. The average Bonchev–Trinajstić information content (AvgIpc) is 2.81. The van der Waals surface area contributed by atoms with E-state index in [0.717, 1.165) is 12.0 Å². The zero-order chi connectivity index (χ0) is 24.7. The van der Waals surface area contributed by atoms with Crippen LogP contribution in [-0.4, -0.2) is 28.3 Å². The van der Waals surface area contributed by atoms with Crippen molar-refractivity contribution in [2.75, 3.05) is 11.9 Å². The maximum absolute atomic E-state index is 12.7. The number of aryl methyl sites for hydroxylation is 2. The minimum atomic E-state index is -0.725. The Labute approximate surface area is 198 Å². The van der Waals surface area contributed by atoms with Gasteiger partial charge in [-0.25, -0.2) is 4.79 Å². The lowest BCUT2D eigenvalue weighted by Crippen LogP contribution is -2.36. The lowest BCUT2D eigenvalue weighted by Gasteiger charge is -2.19. The van der Waals surface area contributed by atoms with Gasteiger partial charge >= 0.3 is 12.0 Å². The van der Waals surface area contributed by atoms with Crippen LogP contribution in [0, 0.1) is 6.92 Å². The summed E-state index contributed by atoms with van der Waals surface area (Å²) in [5.74, 6) is -0.810. The number of carbonyl (C=O) groups is 2. The van der Waals surface area contributed by atoms with Crippen LogP contribution in [0.3, 0.4) is 0 Å². The molecule has 0 fully saturated rings. The summed E-state index contributed by atoms with van der Waals surface area (Å²) in [6.45, 7) is 3.98. The SMILES string of the molecule is CCOC(=O)C[C@H](NC(=O)Nc1c(O)ccn(C)c1=O)c1ccc(Cc2ccc(C)cc2)cc1. The van der Waals surface area contributed by atoms with Gasteiger partial charge in [-0.15, -0.1) is 0 Å². The van der Waals surface area contributed by atoms with Gasteiger partial charge in [0.05, 0.1) is 19.1 Å². The van der Waals surface area contributed by atoms with E-state index in [9.17, 15) is 19.5 Å². The third-order valence-corrected chi connectivity index (χ3v) is 5.38. The molecule has 8 heteroatoms. The van der Waals surface area contributed by atoms with Crippen molar-refractivity contribution < 1.29 is 19.4 Å². The number of pyridine rings is 1. The van der Waals surface area contributed by atoms with Gasteiger partial charge < -0.3 is 25.0 Å². The summed E-state index contributed by atoms with van der Waals surface area (Å²) in [6.07, 6.45) is 2.06. The number of aromatic nitrogens is 1. The number of hydrogen-bond donors (Lipinski definition) is 3. The standard InChI is InChI=1S/C26H29N3O5/c1-4-34-23(31)16-21(27-26(33)28-24-22(30)13-14-29(3)25(24)32)20-11-9-19(10-12-20)15-18-7-5-17(2)6-8-18/h5-14,21,30H,4,15-16H2,1-3H3,(H2,27,28,33)/t21-/m0/s1. The number of aromatic hydroxyl groups is 1. The van der Waals surface area contributed by atoms with Crippen LogP contribution in [0.25, 0.3) is 0 Å². The number of carbonyl (C=O) groups excluding carboxylic acids is 2. The third-order valence-electron chi connectivity index (χ3n) is 5.38. The van der Waals surface area contributed by atoms with Gasteiger partial charge in [-0.05, 0) is 43.0 Å². The number of anilines is 1. The highest BCUT2D eigenvalue weighted by Gasteiger charge is 2.21. The largest absolute Gasteiger partial charge is 0.505 e. The molecule has 0 radical (unpaired) electrons. The summed E-state index contributed by atoms with van der Waals surface area (Å²) >= 11 is 0. The van der Waals surface area contributed by atoms with E-state index in [0.29, 0.717) is 5.56 Å². The normalized spacial score (nSPS) is 11.5. The molecular formula is C26H29N3O5. The van der Waals surface area contributed by atoms with Gasteiger partial charge in [0.25, 0.3) is 5.56 Å². The summed E-state index contributed by atoms with van der Waals surface area (Å²) in [5, 5.41) is 15.1. The minimum Gasteiger partial charge on any atom is -0.505 e. The van der Waals surface area contributed by atoms with Gasteiger partial charge in [0.1, 0.15) is 5.75 Å². The van der Waals surface area contributed by atoms with Crippen molar-refractivity contribution in [3.8, 4) is 5.75 Å². The molecule has 1 atom stereocenters. The molecule has 3 rings (SSSR count). The zero-order valence-electron chi connectivity index (χ0n) is 19.5. The fraction of sp³-hybridized carbons (Fsp3) is 0.269. The molecule has 1 aromatic heterocycles. The molecule has 0 saturated heterocycles. The van der Waals surface area contributed by atoms with E-state index in [1.54, 1.807) is 6.92 Å². The highest BCUT2D eigenvalue weighted by Crippen LogP contribution is 2.21. The van der Waals surface area contributed by atoms with Gasteiger partial charge in [0.2, 0.25) is 0 Å². The minimum absolute atomic E-state index is 0.0860. The van der Waals surface area contributed by atoms with Gasteiger partial charge in [-0.2, -0.15) is 0 Å². The summed E-state index contributed by atoms with van der Waals surface area (Å²) in [5.41, 5.74) is 3.38. The highest BCUT2D eigenvalue weighted by molar-refractivity contribution is 5.91. The fourth-order valence-electron chi connectivity index (χ4n) is 3.49. The van der Waals surface area contributed by atoms with Gasteiger partial charge in [-0.1, -0.05) is 54.1 Å². The molecule has 0 bridgehead atoms. The summed E-state index contributed by atoms with van der Waals surface area (Å²) in [7, 11) is 1.51. The molecule has 34 heavy (non-hydrogen) atoms. The Morgan fingerprint density at radius 2 is 1.65 bits per heavy atom. The van der Waals surface area contributed by atoms with Crippen LogP contribution < -0.4 is 16.2 Å². The molecule has 0 unspecified atom stereocenters. The number of urea groups is 1. The fourth-order valence-corrected chi connectivity index (χ4v) is 3.49. The number of benzene rings is 2. The van der Waals surface area contributed by atoms with E-state index in [1.807, 2.05) is 31.2 Å². The van der Waals surface area contributed by atoms with E-state index in [1.165, 1.54) is 35.0 Å². The third kappa shape index (κ3) is 6.48. The topological polar surface area (TPSA) is 110 Å². The second-order valence-corrected chi connectivity index (χ2v) is 8.06. The molecule has 178 valence electrons.